The summed E-state index contributed by atoms with van der Waals surface area (Å²) in [5.41, 5.74) is 1.80. The van der Waals surface area contributed by atoms with E-state index in [0.717, 1.165) is 11.1 Å². The lowest BCUT2D eigenvalue weighted by molar-refractivity contribution is -0.217. The van der Waals surface area contributed by atoms with E-state index in [9.17, 15) is 9.90 Å². The molecule has 0 aromatic heterocycles. The van der Waals surface area contributed by atoms with E-state index in [1.165, 1.54) is 0 Å². The zero-order valence-electron chi connectivity index (χ0n) is 14.5. The number of aliphatic hydroxyl groups excluding tert-OH is 1. The summed E-state index contributed by atoms with van der Waals surface area (Å²) in [5.74, 6) is -0.248. The lowest BCUT2D eigenvalue weighted by atomic mass is 9.94. The number of benzene rings is 2. The van der Waals surface area contributed by atoms with Crippen molar-refractivity contribution in [1.29, 1.82) is 0 Å². The van der Waals surface area contributed by atoms with E-state index in [1.54, 1.807) is 0 Å². The van der Waals surface area contributed by atoms with Gasteiger partial charge in [-0.25, -0.2) is 4.79 Å². The quantitative estimate of drug-likeness (QED) is 0.841. The SMILES string of the molecule is CC(C)C[C@@H](O)[C@H]1O[C@@H](c2ccccc2)[C@H](c2ccccc2)OC1=O. The molecule has 0 aliphatic carbocycles. The Kier molecular flexibility index (Phi) is 5.51. The highest BCUT2D eigenvalue weighted by Gasteiger charge is 2.43. The summed E-state index contributed by atoms with van der Waals surface area (Å²) < 4.78 is 11.8. The Balaban J connectivity index is 1.91. The number of ether oxygens (including phenoxy) is 2. The number of cyclic esters (lactones) is 1. The normalized spacial score (nSPS) is 24.8. The van der Waals surface area contributed by atoms with E-state index in [4.69, 9.17) is 9.47 Å². The molecule has 0 spiro atoms. The molecule has 0 unspecified atom stereocenters. The number of carbonyl (C=O) groups excluding carboxylic acids is 1. The molecule has 1 aliphatic heterocycles. The Bertz CT molecular complexity index is 684. The minimum atomic E-state index is -0.965. The lowest BCUT2D eigenvalue weighted by Crippen LogP contribution is -2.45. The van der Waals surface area contributed by atoms with Crippen molar-refractivity contribution in [1.82, 2.24) is 0 Å². The fourth-order valence-electron chi connectivity index (χ4n) is 3.17. The highest BCUT2D eigenvalue weighted by atomic mass is 16.6. The van der Waals surface area contributed by atoms with Crippen LogP contribution in [-0.2, 0) is 14.3 Å². The summed E-state index contributed by atoms with van der Waals surface area (Å²) in [7, 11) is 0. The van der Waals surface area contributed by atoms with Crippen molar-refractivity contribution >= 4 is 5.97 Å². The van der Waals surface area contributed by atoms with Gasteiger partial charge in [0, 0.05) is 0 Å². The standard InChI is InChI=1S/C21H24O4/c1-14(2)13-17(22)20-21(23)25-19(16-11-7-4-8-12-16)18(24-20)15-9-5-3-6-10-15/h3-12,14,17-20,22H,13H2,1-2H3/t17-,18+,19+,20-/m1/s1. The third kappa shape index (κ3) is 4.09. The summed E-state index contributed by atoms with van der Waals surface area (Å²) in [4.78, 5) is 12.5. The van der Waals surface area contributed by atoms with Crippen LogP contribution in [0.3, 0.4) is 0 Å². The van der Waals surface area contributed by atoms with Gasteiger partial charge in [0.1, 0.15) is 6.10 Å². The molecular weight excluding hydrogens is 316 g/mol. The number of hydrogen-bond acceptors (Lipinski definition) is 4. The molecule has 1 aliphatic rings. The zero-order valence-corrected chi connectivity index (χ0v) is 14.5. The van der Waals surface area contributed by atoms with Gasteiger partial charge in [-0.3, -0.25) is 0 Å². The van der Waals surface area contributed by atoms with Crippen LogP contribution in [0.2, 0.25) is 0 Å². The number of rotatable bonds is 5. The third-order valence-electron chi connectivity index (χ3n) is 4.36. The van der Waals surface area contributed by atoms with Crippen LogP contribution in [0.5, 0.6) is 0 Å². The topological polar surface area (TPSA) is 55.8 Å². The maximum Gasteiger partial charge on any atom is 0.338 e. The largest absolute Gasteiger partial charge is 0.452 e. The molecule has 4 heteroatoms. The maximum absolute atomic E-state index is 12.5. The van der Waals surface area contributed by atoms with Crippen molar-refractivity contribution in [3.8, 4) is 0 Å². The predicted molar refractivity (Wildman–Crippen MR) is 94.8 cm³/mol. The number of esters is 1. The molecule has 2 aromatic rings. The maximum atomic E-state index is 12.5. The van der Waals surface area contributed by atoms with Crippen molar-refractivity contribution < 1.29 is 19.4 Å². The number of aliphatic hydroxyl groups is 1. The number of hydrogen-bond donors (Lipinski definition) is 1. The molecule has 0 bridgehead atoms. The van der Waals surface area contributed by atoms with Gasteiger partial charge >= 0.3 is 5.97 Å². The van der Waals surface area contributed by atoms with E-state index in [-0.39, 0.29) is 5.92 Å². The Hall–Kier alpha value is -2.17. The van der Waals surface area contributed by atoms with Gasteiger partial charge in [0.25, 0.3) is 0 Å². The molecule has 1 N–H and O–H groups in total. The van der Waals surface area contributed by atoms with Gasteiger partial charge in [-0.2, -0.15) is 0 Å². The molecule has 0 saturated carbocycles. The lowest BCUT2D eigenvalue weighted by Gasteiger charge is -2.38. The fourth-order valence-corrected chi connectivity index (χ4v) is 3.17. The first kappa shape index (κ1) is 17.6. The summed E-state index contributed by atoms with van der Waals surface area (Å²) >= 11 is 0. The molecule has 132 valence electrons. The smallest absolute Gasteiger partial charge is 0.338 e. The van der Waals surface area contributed by atoms with Gasteiger partial charge in [0.2, 0.25) is 0 Å². The van der Waals surface area contributed by atoms with Gasteiger partial charge in [-0.15, -0.1) is 0 Å². The first-order chi connectivity index (χ1) is 12.1. The first-order valence-corrected chi connectivity index (χ1v) is 8.70. The van der Waals surface area contributed by atoms with E-state index < -0.39 is 30.4 Å². The van der Waals surface area contributed by atoms with E-state index in [0.29, 0.717) is 6.42 Å². The summed E-state index contributed by atoms with van der Waals surface area (Å²) in [6.45, 7) is 4.00. The van der Waals surface area contributed by atoms with E-state index in [1.807, 2.05) is 74.5 Å². The zero-order chi connectivity index (χ0) is 17.8. The molecule has 0 amide bonds. The minimum Gasteiger partial charge on any atom is -0.452 e. The Morgan fingerprint density at radius 3 is 1.96 bits per heavy atom. The molecule has 25 heavy (non-hydrogen) atoms. The van der Waals surface area contributed by atoms with Crippen molar-refractivity contribution in [2.24, 2.45) is 5.92 Å². The van der Waals surface area contributed by atoms with Gasteiger partial charge < -0.3 is 14.6 Å². The molecule has 1 heterocycles. The molecule has 4 atom stereocenters. The molecule has 3 rings (SSSR count). The first-order valence-electron chi connectivity index (χ1n) is 8.70. The van der Waals surface area contributed by atoms with Crippen LogP contribution in [0.15, 0.2) is 60.7 Å². The second-order valence-corrected chi connectivity index (χ2v) is 6.85. The summed E-state index contributed by atoms with van der Waals surface area (Å²) in [6, 6.07) is 19.3. The Morgan fingerprint density at radius 1 is 0.920 bits per heavy atom. The van der Waals surface area contributed by atoms with E-state index >= 15 is 0 Å². The second kappa shape index (κ2) is 7.81. The highest BCUT2D eigenvalue weighted by molar-refractivity contribution is 5.76. The molecule has 0 radical (unpaired) electrons. The molecular formula is C21H24O4. The van der Waals surface area contributed by atoms with Crippen LogP contribution < -0.4 is 0 Å². The second-order valence-electron chi connectivity index (χ2n) is 6.85. The minimum absolute atomic E-state index is 0.258. The average Bonchev–Trinajstić information content (AvgIpc) is 2.62. The van der Waals surface area contributed by atoms with Gasteiger partial charge in [-0.05, 0) is 23.5 Å². The van der Waals surface area contributed by atoms with Crippen LogP contribution in [0, 0.1) is 5.92 Å². The van der Waals surface area contributed by atoms with Crippen molar-refractivity contribution in [3.63, 3.8) is 0 Å². The van der Waals surface area contributed by atoms with Gasteiger partial charge in [0.05, 0.1) is 6.10 Å². The highest BCUT2D eigenvalue weighted by Crippen LogP contribution is 2.40. The Labute approximate surface area is 148 Å². The van der Waals surface area contributed by atoms with Crippen LogP contribution in [0.1, 0.15) is 43.6 Å². The number of carbonyl (C=O) groups is 1. The van der Waals surface area contributed by atoms with Crippen LogP contribution >= 0.6 is 0 Å². The van der Waals surface area contributed by atoms with Crippen LogP contribution in [-0.4, -0.2) is 23.3 Å². The third-order valence-corrected chi connectivity index (χ3v) is 4.36. The predicted octanol–water partition coefficient (Wildman–Crippen LogP) is 3.82. The van der Waals surface area contributed by atoms with Gasteiger partial charge in [-0.1, -0.05) is 74.5 Å². The Morgan fingerprint density at radius 2 is 1.44 bits per heavy atom. The average molecular weight is 340 g/mol. The van der Waals surface area contributed by atoms with Crippen LogP contribution in [0.4, 0.5) is 0 Å². The molecule has 1 fully saturated rings. The van der Waals surface area contributed by atoms with E-state index in [2.05, 4.69) is 0 Å². The van der Waals surface area contributed by atoms with Crippen molar-refractivity contribution in [3.05, 3.63) is 71.8 Å². The molecule has 4 nitrogen and oxygen atoms in total. The van der Waals surface area contributed by atoms with Gasteiger partial charge in [0.15, 0.2) is 12.2 Å². The summed E-state index contributed by atoms with van der Waals surface area (Å²) in [5, 5.41) is 10.4. The van der Waals surface area contributed by atoms with Crippen molar-refractivity contribution in [2.75, 3.05) is 0 Å². The summed E-state index contributed by atoms with van der Waals surface area (Å²) in [6.07, 6.45) is -2.34. The van der Waals surface area contributed by atoms with Crippen LogP contribution in [0.25, 0.3) is 0 Å². The molecule has 2 aromatic carbocycles. The monoisotopic (exact) mass is 340 g/mol. The van der Waals surface area contributed by atoms with Crippen molar-refractivity contribution in [2.45, 2.75) is 44.7 Å². The fraction of sp³-hybridized carbons (Fsp3) is 0.381. The molecule has 1 saturated heterocycles.